The highest BCUT2D eigenvalue weighted by Crippen LogP contribution is 2.32. The summed E-state index contributed by atoms with van der Waals surface area (Å²) in [6, 6.07) is 20.2. The Hall–Kier alpha value is -2.91. The smallest absolute Gasteiger partial charge is 0.191 e. The van der Waals surface area contributed by atoms with Crippen molar-refractivity contribution in [2.75, 3.05) is 11.5 Å². The molecule has 0 spiro atoms. The van der Waals surface area contributed by atoms with Gasteiger partial charge in [-0.15, -0.1) is 10.2 Å². The van der Waals surface area contributed by atoms with E-state index in [1.807, 2.05) is 64.8 Å². The summed E-state index contributed by atoms with van der Waals surface area (Å²) in [4.78, 5) is 0. The van der Waals surface area contributed by atoms with Crippen LogP contribution in [0.4, 0.5) is 0 Å². The molecule has 3 heterocycles. The van der Waals surface area contributed by atoms with E-state index >= 15 is 0 Å². The number of benzene rings is 2. The van der Waals surface area contributed by atoms with Gasteiger partial charge in [0.2, 0.25) is 0 Å². The molecule has 5 rings (SSSR count). The van der Waals surface area contributed by atoms with Crippen molar-refractivity contribution < 1.29 is 8.42 Å². The maximum absolute atomic E-state index is 11.9. The predicted octanol–water partition coefficient (Wildman–Crippen LogP) is 3.86. The molecule has 1 atom stereocenters. The third-order valence-electron chi connectivity index (χ3n) is 5.68. The van der Waals surface area contributed by atoms with Crippen molar-refractivity contribution in [1.29, 1.82) is 0 Å². The van der Waals surface area contributed by atoms with E-state index in [0.717, 1.165) is 33.5 Å². The second kappa shape index (κ2) is 8.55. The summed E-state index contributed by atoms with van der Waals surface area (Å²) in [5, 5.41) is 14.3. The first-order valence-corrected chi connectivity index (χ1v) is 13.2. The lowest BCUT2D eigenvalue weighted by molar-refractivity contribution is 0.599. The van der Waals surface area contributed by atoms with E-state index in [1.54, 1.807) is 11.8 Å². The van der Waals surface area contributed by atoms with Gasteiger partial charge in [0.05, 0.1) is 22.9 Å². The zero-order chi connectivity index (χ0) is 22.1. The average molecular weight is 466 g/mol. The molecule has 1 unspecified atom stereocenters. The lowest BCUT2D eigenvalue weighted by atomic mass is 10.1. The molecule has 1 aliphatic rings. The standard InChI is InChI=1S/C23H23N5O2S2/c1-27-22(18-12-13-32(29,30)16-18)24-25-23(27)31-15-19-14-28(20-10-6-3-7-11-20)26-21(19)17-8-4-2-5-9-17/h2-11,14,18H,12-13,15-16H2,1H3. The SMILES string of the molecule is Cn1c(SCc2cn(-c3ccccc3)nc2-c2ccccc2)nnc1C1CCS(=O)(=O)C1. The van der Waals surface area contributed by atoms with Crippen LogP contribution in [0.2, 0.25) is 0 Å². The molecule has 4 aromatic rings. The number of thioether (sulfide) groups is 1. The van der Waals surface area contributed by atoms with Crippen LogP contribution in [0.3, 0.4) is 0 Å². The fourth-order valence-electron chi connectivity index (χ4n) is 4.02. The van der Waals surface area contributed by atoms with Crippen LogP contribution in [0.5, 0.6) is 0 Å². The largest absolute Gasteiger partial charge is 0.309 e. The second-order valence-corrected chi connectivity index (χ2v) is 11.1. The Balaban J connectivity index is 1.42. The molecule has 1 aliphatic heterocycles. The Labute approximate surface area is 191 Å². The molecule has 0 saturated carbocycles. The molecule has 0 amide bonds. The normalized spacial score (nSPS) is 17.6. The number of aromatic nitrogens is 5. The monoisotopic (exact) mass is 465 g/mol. The maximum Gasteiger partial charge on any atom is 0.191 e. The first-order valence-electron chi connectivity index (χ1n) is 10.4. The van der Waals surface area contributed by atoms with Gasteiger partial charge < -0.3 is 4.57 Å². The molecule has 0 N–H and O–H groups in total. The minimum absolute atomic E-state index is 0.0763. The fourth-order valence-corrected chi connectivity index (χ4v) is 6.64. The predicted molar refractivity (Wildman–Crippen MR) is 126 cm³/mol. The van der Waals surface area contributed by atoms with Crippen LogP contribution in [0.1, 0.15) is 23.7 Å². The van der Waals surface area contributed by atoms with Gasteiger partial charge in [0.25, 0.3) is 0 Å². The molecular formula is C23H23N5O2S2. The Bertz CT molecular complexity index is 1330. The summed E-state index contributed by atoms with van der Waals surface area (Å²) in [6.45, 7) is 0. The van der Waals surface area contributed by atoms with Gasteiger partial charge >= 0.3 is 0 Å². The fraction of sp³-hybridized carbons (Fsp3) is 0.261. The molecule has 0 aliphatic carbocycles. The number of hydrogen-bond acceptors (Lipinski definition) is 6. The molecule has 7 nitrogen and oxygen atoms in total. The highest BCUT2D eigenvalue weighted by Gasteiger charge is 2.32. The molecular weight excluding hydrogens is 442 g/mol. The first-order chi connectivity index (χ1) is 15.5. The zero-order valence-electron chi connectivity index (χ0n) is 17.6. The van der Waals surface area contributed by atoms with Crippen LogP contribution in [0.25, 0.3) is 16.9 Å². The summed E-state index contributed by atoms with van der Waals surface area (Å²) in [7, 11) is -1.05. The van der Waals surface area contributed by atoms with Crippen LogP contribution in [-0.2, 0) is 22.6 Å². The highest BCUT2D eigenvalue weighted by atomic mass is 32.2. The lowest BCUT2D eigenvalue weighted by Crippen LogP contribution is -2.09. The summed E-state index contributed by atoms with van der Waals surface area (Å²) in [5.41, 5.74) is 4.10. The molecule has 0 bridgehead atoms. The van der Waals surface area contributed by atoms with Crippen LogP contribution >= 0.6 is 11.8 Å². The molecule has 1 saturated heterocycles. The molecule has 9 heteroatoms. The number of sulfone groups is 1. The van der Waals surface area contributed by atoms with Gasteiger partial charge in [-0.25, -0.2) is 13.1 Å². The van der Waals surface area contributed by atoms with Crippen LogP contribution in [-0.4, -0.2) is 44.5 Å². The van der Waals surface area contributed by atoms with Crippen LogP contribution in [0.15, 0.2) is 72.0 Å². The molecule has 1 fully saturated rings. The Kier molecular flexibility index (Phi) is 5.60. The average Bonchev–Trinajstić information content (AvgIpc) is 3.50. The molecule has 2 aromatic carbocycles. The lowest BCUT2D eigenvalue weighted by Gasteiger charge is -2.08. The number of nitrogens with zero attached hydrogens (tertiary/aromatic N) is 5. The first kappa shape index (κ1) is 21.0. The minimum atomic E-state index is -2.97. The van der Waals surface area contributed by atoms with Gasteiger partial charge in [-0.05, 0) is 18.6 Å². The van der Waals surface area contributed by atoms with Crippen molar-refractivity contribution >= 4 is 21.6 Å². The van der Waals surface area contributed by atoms with Gasteiger partial charge in [0.1, 0.15) is 5.82 Å². The Morgan fingerprint density at radius 1 is 1.03 bits per heavy atom. The van der Waals surface area contributed by atoms with Crippen molar-refractivity contribution in [2.45, 2.75) is 23.2 Å². The van der Waals surface area contributed by atoms with E-state index in [4.69, 9.17) is 5.10 Å². The summed E-state index contributed by atoms with van der Waals surface area (Å²) in [5.74, 6) is 1.73. The third kappa shape index (κ3) is 4.22. The summed E-state index contributed by atoms with van der Waals surface area (Å²) >= 11 is 1.58. The van der Waals surface area contributed by atoms with Crippen molar-refractivity contribution in [1.82, 2.24) is 24.5 Å². The van der Waals surface area contributed by atoms with E-state index < -0.39 is 9.84 Å². The van der Waals surface area contributed by atoms with E-state index in [9.17, 15) is 8.42 Å². The second-order valence-electron chi connectivity index (χ2n) is 7.94. The molecule has 2 aromatic heterocycles. The van der Waals surface area contributed by atoms with E-state index in [2.05, 4.69) is 28.5 Å². The highest BCUT2D eigenvalue weighted by molar-refractivity contribution is 7.98. The van der Waals surface area contributed by atoms with Gasteiger partial charge in [0, 0.05) is 36.0 Å². The van der Waals surface area contributed by atoms with Gasteiger partial charge in [0.15, 0.2) is 15.0 Å². The summed E-state index contributed by atoms with van der Waals surface area (Å²) < 4.78 is 27.6. The van der Waals surface area contributed by atoms with Crippen LogP contribution < -0.4 is 0 Å². The number of rotatable bonds is 6. The van der Waals surface area contributed by atoms with Crippen molar-refractivity contribution in [3.8, 4) is 16.9 Å². The Morgan fingerprint density at radius 3 is 2.44 bits per heavy atom. The van der Waals surface area contributed by atoms with E-state index in [-0.39, 0.29) is 17.4 Å². The topological polar surface area (TPSA) is 82.7 Å². The summed E-state index contributed by atoms with van der Waals surface area (Å²) in [6.07, 6.45) is 2.67. The zero-order valence-corrected chi connectivity index (χ0v) is 19.3. The third-order valence-corrected chi connectivity index (χ3v) is 8.52. The number of para-hydroxylation sites is 1. The maximum atomic E-state index is 11.9. The molecule has 32 heavy (non-hydrogen) atoms. The van der Waals surface area contributed by atoms with Crippen molar-refractivity contribution in [3.05, 3.63) is 78.2 Å². The van der Waals surface area contributed by atoms with Gasteiger partial charge in [-0.3, -0.25) is 0 Å². The van der Waals surface area contributed by atoms with E-state index in [1.165, 1.54) is 0 Å². The van der Waals surface area contributed by atoms with Crippen LogP contribution in [0, 0.1) is 0 Å². The molecule has 164 valence electrons. The van der Waals surface area contributed by atoms with Crippen molar-refractivity contribution in [2.24, 2.45) is 7.05 Å². The number of hydrogen-bond donors (Lipinski definition) is 0. The quantitative estimate of drug-likeness (QED) is 0.402. The van der Waals surface area contributed by atoms with Gasteiger partial charge in [-0.1, -0.05) is 60.3 Å². The van der Waals surface area contributed by atoms with Crippen molar-refractivity contribution in [3.63, 3.8) is 0 Å². The Morgan fingerprint density at radius 2 is 1.75 bits per heavy atom. The van der Waals surface area contributed by atoms with E-state index in [0.29, 0.717) is 12.2 Å². The van der Waals surface area contributed by atoms with Gasteiger partial charge in [-0.2, -0.15) is 5.10 Å². The molecule has 0 radical (unpaired) electrons. The minimum Gasteiger partial charge on any atom is -0.309 e.